The van der Waals surface area contributed by atoms with Crippen LogP contribution in [0, 0.1) is 6.92 Å². The molecule has 0 aliphatic carbocycles. The molecule has 7 heteroatoms. The smallest absolute Gasteiger partial charge is 0.266 e. The van der Waals surface area contributed by atoms with E-state index >= 15 is 0 Å². The van der Waals surface area contributed by atoms with Crippen LogP contribution < -0.4 is 11.3 Å². The SMILES string of the molecule is Cc1c(Cl)cccc1-n1c(SCc2cccc(C(N)=O)c2)nc2ccccc2c1=O. The van der Waals surface area contributed by atoms with Gasteiger partial charge in [0, 0.05) is 16.3 Å². The van der Waals surface area contributed by atoms with Crippen molar-refractivity contribution in [3.8, 4) is 5.69 Å². The van der Waals surface area contributed by atoms with Crippen molar-refractivity contribution in [2.24, 2.45) is 5.73 Å². The van der Waals surface area contributed by atoms with Crippen LogP contribution in [0.1, 0.15) is 21.5 Å². The minimum Gasteiger partial charge on any atom is -0.366 e. The fraction of sp³-hybridized carbons (Fsp3) is 0.0870. The number of hydrogen-bond acceptors (Lipinski definition) is 4. The first-order valence-corrected chi connectivity index (χ1v) is 10.6. The van der Waals surface area contributed by atoms with Crippen LogP contribution in [-0.2, 0) is 5.75 Å². The normalized spacial score (nSPS) is 11.0. The van der Waals surface area contributed by atoms with Crippen LogP contribution in [0.2, 0.25) is 5.02 Å². The molecule has 4 aromatic rings. The Morgan fingerprint density at radius 1 is 1.10 bits per heavy atom. The molecule has 0 bridgehead atoms. The number of primary amides is 1. The van der Waals surface area contributed by atoms with Gasteiger partial charge in [-0.3, -0.25) is 14.2 Å². The number of hydrogen-bond donors (Lipinski definition) is 1. The second-order valence-electron chi connectivity index (χ2n) is 6.79. The zero-order chi connectivity index (χ0) is 21.3. The average Bonchev–Trinajstić information content (AvgIpc) is 2.75. The van der Waals surface area contributed by atoms with Gasteiger partial charge < -0.3 is 5.73 Å². The molecular formula is C23H18ClN3O2S. The molecule has 150 valence electrons. The van der Waals surface area contributed by atoms with Gasteiger partial charge in [-0.05, 0) is 54.4 Å². The molecule has 1 amide bonds. The maximum Gasteiger partial charge on any atom is 0.266 e. The molecule has 30 heavy (non-hydrogen) atoms. The zero-order valence-corrected chi connectivity index (χ0v) is 17.7. The predicted molar refractivity (Wildman–Crippen MR) is 122 cm³/mol. The number of rotatable bonds is 5. The number of para-hydroxylation sites is 1. The molecular weight excluding hydrogens is 418 g/mol. The van der Waals surface area contributed by atoms with Gasteiger partial charge >= 0.3 is 0 Å². The van der Waals surface area contributed by atoms with Gasteiger partial charge in [0.25, 0.3) is 5.56 Å². The number of nitrogens with zero attached hydrogens (tertiary/aromatic N) is 2. The molecule has 0 unspecified atom stereocenters. The Hall–Kier alpha value is -3.09. The van der Waals surface area contributed by atoms with Gasteiger partial charge in [0.1, 0.15) is 0 Å². The van der Waals surface area contributed by atoms with Crippen molar-refractivity contribution in [2.45, 2.75) is 17.8 Å². The van der Waals surface area contributed by atoms with Crippen molar-refractivity contribution in [1.82, 2.24) is 9.55 Å². The third-order valence-electron chi connectivity index (χ3n) is 4.80. The number of aromatic nitrogens is 2. The molecule has 5 nitrogen and oxygen atoms in total. The highest BCUT2D eigenvalue weighted by Gasteiger charge is 2.16. The van der Waals surface area contributed by atoms with Gasteiger partial charge in [0.05, 0.1) is 16.6 Å². The van der Waals surface area contributed by atoms with Crippen LogP contribution in [0.5, 0.6) is 0 Å². The molecule has 0 spiro atoms. The van der Waals surface area contributed by atoms with E-state index in [0.717, 1.165) is 11.1 Å². The molecule has 0 aliphatic rings. The molecule has 2 N–H and O–H groups in total. The van der Waals surface area contributed by atoms with Crippen molar-refractivity contribution in [3.05, 3.63) is 98.8 Å². The first-order chi connectivity index (χ1) is 14.5. The van der Waals surface area contributed by atoms with Gasteiger partial charge in [0.2, 0.25) is 5.91 Å². The zero-order valence-electron chi connectivity index (χ0n) is 16.1. The number of amides is 1. The number of benzene rings is 3. The molecule has 0 fully saturated rings. The summed E-state index contributed by atoms with van der Waals surface area (Å²) in [4.78, 5) is 29.6. The molecule has 0 aliphatic heterocycles. The Morgan fingerprint density at radius 2 is 1.87 bits per heavy atom. The minimum absolute atomic E-state index is 0.153. The van der Waals surface area contributed by atoms with Crippen molar-refractivity contribution in [3.63, 3.8) is 0 Å². The number of carbonyl (C=O) groups is 1. The van der Waals surface area contributed by atoms with Crippen LogP contribution in [0.25, 0.3) is 16.6 Å². The summed E-state index contributed by atoms with van der Waals surface area (Å²) in [6, 6.07) is 19.9. The number of halogens is 1. The molecule has 4 rings (SSSR count). The van der Waals surface area contributed by atoms with E-state index in [0.29, 0.717) is 38.1 Å². The highest BCUT2D eigenvalue weighted by Crippen LogP contribution is 2.28. The lowest BCUT2D eigenvalue weighted by Gasteiger charge is -2.16. The minimum atomic E-state index is -0.475. The standard InChI is InChI=1S/C23H18ClN3O2S/c1-14-18(24)9-5-11-20(14)27-22(29)17-8-2-3-10-19(17)26-23(27)30-13-15-6-4-7-16(12-15)21(25)28/h2-12H,13H2,1H3,(H2,25,28). The van der Waals surface area contributed by atoms with E-state index in [-0.39, 0.29) is 5.56 Å². The van der Waals surface area contributed by atoms with Crippen LogP contribution >= 0.6 is 23.4 Å². The summed E-state index contributed by atoms with van der Waals surface area (Å²) >= 11 is 7.74. The molecule has 0 radical (unpaired) electrons. The van der Waals surface area contributed by atoms with Crippen LogP contribution in [0.4, 0.5) is 0 Å². The molecule has 0 saturated carbocycles. The fourth-order valence-electron chi connectivity index (χ4n) is 3.22. The van der Waals surface area contributed by atoms with Crippen molar-refractivity contribution in [1.29, 1.82) is 0 Å². The van der Waals surface area contributed by atoms with E-state index in [2.05, 4.69) is 0 Å². The Morgan fingerprint density at radius 3 is 2.67 bits per heavy atom. The van der Waals surface area contributed by atoms with E-state index in [9.17, 15) is 9.59 Å². The lowest BCUT2D eigenvalue weighted by molar-refractivity contribution is 0.1000. The maximum atomic E-state index is 13.4. The summed E-state index contributed by atoms with van der Waals surface area (Å²) in [5.74, 6) is 0.0445. The number of nitrogens with two attached hydrogens (primary N) is 1. The topological polar surface area (TPSA) is 78.0 Å². The first-order valence-electron chi connectivity index (χ1n) is 9.24. The third-order valence-corrected chi connectivity index (χ3v) is 6.22. The number of fused-ring (bicyclic) bond motifs is 1. The highest BCUT2D eigenvalue weighted by molar-refractivity contribution is 7.98. The Bertz CT molecular complexity index is 1330. The van der Waals surface area contributed by atoms with Crippen molar-refractivity contribution < 1.29 is 4.79 Å². The Labute approximate surface area is 182 Å². The fourth-order valence-corrected chi connectivity index (χ4v) is 4.34. The molecule has 1 aromatic heterocycles. The summed E-state index contributed by atoms with van der Waals surface area (Å²) in [6.45, 7) is 1.88. The van der Waals surface area contributed by atoms with E-state index in [4.69, 9.17) is 22.3 Å². The molecule has 3 aromatic carbocycles. The van der Waals surface area contributed by atoms with Crippen LogP contribution in [-0.4, -0.2) is 15.5 Å². The summed E-state index contributed by atoms with van der Waals surface area (Å²) in [6.07, 6.45) is 0. The quantitative estimate of drug-likeness (QED) is 0.363. The van der Waals surface area contributed by atoms with E-state index in [1.54, 1.807) is 34.9 Å². The highest BCUT2D eigenvalue weighted by atomic mass is 35.5. The lowest BCUT2D eigenvalue weighted by Crippen LogP contribution is -2.22. The van der Waals surface area contributed by atoms with Crippen molar-refractivity contribution >= 4 is 40.2 Å². The van der Waals surface area contributed by atoms with E-state index < -0.39 is 5.91 Å². The van der Waals surface area contributed by atoms with Gasteiger partial charge in [-0.1, -0.05) is 53.7 Å². The summed E-state index contributed by atoms with van der Waals surface area (Å²) in [7, 11) is 0. The van der Waals surface area contributed by atoms with E-state index in [1.807, 2.05) is 43.3 Å². The summed E-state index contributed by atoms with van der Waals surface area (Å²) in [5, 5.41) is 1.67. The second kappa shape index (κ2) is 8.34. The number of carbonyl (C=O) groups excluding carboxylic acids is 1. The first kappa shape index (κ1) is 20.2. The van der Waals surface area contributed by atoms with Crippen LogP contribution in [0.3, 0.4) is 0 Å². The van der Waals surface area contributed by atoms with Crippen LogP contribution in [0.15, 0.2) is 76.7 Å². The number of thioether (sulfide) groups is 1. The predicted octanol–water partition coefficient (Wildman–Crippen LogP) is 4.74. The lowest BCUT2D eigenvalue weighted by atomic mass is 10.1. The second-order valence-corrected chi connectivity index (χ2v) is 8.14. The molecule has 0 saturated heterocycles. The van der Waals surface area contributed by atoms with Gasteiger partial charge in [-0.2, -0.15) is 0 Å². The molecule has 0 atom stereocenters. The summed E-state index contributed by atoms with van der Waals surface area (Å²) < 4.78 is 1.60. The van der Waals surface area contributed by atoms with Gasteiger partial charge in [-0.25, -0.2) is 4.98 Å². The maximum absolute atomic E-state index is 13.4. The average molecular weight is 436 g/mol. The van der Waals surface area contributed by atoms with Gasteiger partial charge in [-0.15, -0.1) is 0 Å². The van der Waals surface area contributed by atoms with E-state index in [1.165, 1.54) is 11.8 Å². The van der Waals surface area contributed by atoms with Crippen molar-refractivity contribution in [2.75, 3.05) is 0 Å². The third kappa shape index (κ3) is 3.84. The van der Waals surface area contributed by atoms with Gasteiger partial charge in [0.15, 0.2) is 5.16 Å². The molecule has 1 heterocycles. The largest absolute Gasteiger partial charge is 0.366 e. The monoisotopic (exact) mass is 435 g/mol. The summed E-state index contributed by atoms with van der Waals surface area (Å²) in [5.41, 5.74) is 8.72. The Balaban J connectivity index is 1.84. The Kier molecular flexibility index (Phi) is 5.61.